The van der Waals surface area contributed by atoms with Gasteiger partial charge in [-0.3, -0.25) is 0 Å². The van der Waals surface area contributed by atoms with E-state index in [1.54, 1.807) is 18.1 Å². The van der Waals surface area contributed by atoms with Crippen LogP contribution >= 0.6 is 23.5 Å². The number of nitrogens with zero attached hydrogens (tertiary/aromatic N) is 4. The predicted molar refractivity (Wildman–Crippen MR) is 90.4 cm³/mol. The molecule has 0 unspecified atom stereocenters. The topological polar surface area (TPSA) is 43.6 Å². The average Bonchev–Trinajstić information content (AvgIpc) is 2.97. The summed E-state index contributed by atoms with van der Waals surface area (Å²) in [7, 11) is 0. The molecule has 0 saturated carbocycles. The van der Waals surface area contributed by atoms with Crippen LogP contribution in [0, 0.1) is 0 Å². The Labute approximate surface area is 132 Å². The van der Waals surface area contributed by atoms with Gasteiger partial charge in [-0.2, -0.15) is 16.9 Å². The fraction of sp³-hybridized carbons (Fsp3) is 0.267. The number of hydrogen-bond acceptors (Lipinski definition) is 5. The predicted octanol–water partition coefficient (Wildman–Crippen LogP) is 3.66. The van der Waals surface area contributed by atoms with E-state index in [1.165, 1.54) is 0 Å². The molecule has 6 heteroatoms. The smallest absolute Gasteiger partial charge is 0.167 e. The van der Waals surface area contributed by atoms with Gasteiger partial charge in [0.05, 0.1) is 17.3 Å². The molecule has 3 rings (SSSR count). The molecule has 0 radical (unpaired) electrons. The van der Waals surface area contributed by atoms with Crippen molar-refractivity contribution in [2.45, 2.75) is 11.9 Å². The van der Waals surface area contributed by atoms with Crippen LogP contribution in [0.15, 0.2) is 47.9 Å². The quantitative estimate of drug-likeness (QED) is 0.394. The number of aromatic nitrogens is 4. The molecular weight excluding hydrogens is 300 g/mol. The highest BCUT2D eigenvalue weighted by atomic mass is 32.2. The van der Waals surface area contributed by atoms with Gasteiger partial charge in [0.2, 0.25) is 0 Å². The molecule has 2 aromatic heterocycles. The van der Waals surface area contributed by atoms with Gasteiger partial charge in [0.25, 0.3) is 0 Å². The van der Waals surface area contributed by atoms with Gasteiger partial charge in [-0.15, -0.1) is 11.8 Å². The summed E-state index contributed by atoms with van der Waals surface area (Å²) in [5, 5.41) is 6.50. The maximum Gasteiger partial charge on any atom is 0.167 e. The van der Waals surface area contributed by atoms with E-state index in [0.717, 1.165) is 39.0 Å². The molecule has 108 valence electrons. The largest absolute Gasteiger partial charge is 0.229 e. The van der Waals surface area contributed by atoms with Crippen molar-refractivity contribution in [3.8, 4) is 5.69 Å². The third-order valence-electron chi connectivity index (χ3n) is 3.00. The molecule has 0 amide bonds. The van der Waals surface area contributed by atoms with Crippen LogP contribution in [0.5, 0.6) is 0 Å². The second-order valence-electron chi connectivity index (χ2n) is 4.35. The fourth-order valence-electron chi connectivity index (χ4n) is 2.04. The number of thioether (sulfide) groups is 2. The van der Waals surface area contributed by atoms with E-state index in [1.807, 2.05) is 53.0 Å². The Hall–Kier alpha value is -1.53. The number of rotatable bonds is 6. The molecule has 0 bridgehead atoms. The van der Waals surface area contributed by atoms with Crippen molar-refractivity contribution < 1.29 is 0 Å². The van der Waals surface area contributed by atoms with Crippen molar-refractivity contribution in [1.82, 2.24) is 19.7 Å². The monoisotopic (exact) mass is 316 g/mol. The van der Waals surface area contributed by atoms with E-state index in [2.05, 4.69) is 22.0 Å². The molecule has 1 aromatic carbocycles. The Morgan fingerprint density at radius 1 is 1.10 bits per heavy atom. The van der Waals surface area contributed by atoms with E-state index in [4.69, 9.17) is 0 Å². The van der Waals surface area contributed by atoms with Crippen molar-refractivity contribution in [3.05, 3.63) is 42.9 Å². The first kappa shape index (κ1) is 14.4. The normalized spacial score (nSPS) is 11.1. The zero-order valence-electron chi connectivity index (χ0n) is 11.8. The fourth-order valence-corrected chi connectivity index (χ4v) is 3.75. The highest BCUT2D eigenvalue weighted by Crippen LogP contribution is 2.26. The Kier molecular flexibility index (Phi) is 4.77. The van der Waals surface area contributed by atoms with Gasteiger partial charge in [0, 0.05) is 11.5 Å². The molecule has 0 aliphatic rings. The third kappa shape index (κ3) is 3.22. The van der Waals surface area contributed by atoms with Crippen molar-refractivity contribution >= 4 is 34.6 Å². The van der Waals surface area contributed by atoms with Crippen LogP contribution < -0.4 is 0 Å². The van der Waals surface area contributed by atoms with E-state index in [0.29, 0.717) is 0 Å². The van der Waals surface area contributed by atoms with Gasteiger partial charge in [0.1, 0.15) is 11.4 Å². The van der Waals surface area contributed by atoms with Crippen molar-refractivity contribution in [1.29, 1.82) is 0 Å². The van der Waals surface area contributed by atoms with E-state index in [-0.39, 0.29) is 0 Å². The lowest BCUT2D eigenvalue weighted by molar-refractivity contribution is 0.893. The van der Waals surface area contributed by atoms with Crippen LogP contribution in [0.4, 0.5) is 0 Å². The molecule has 0 saturated heterocycles. The summed E-state index contributed by atoms with van der Waals surface area (Å²) < 4.78 is 1.86. The first-order valence-corrected chi connectivity index (χ1v) is 8.99. The number of hydrogen-bond donors (Lipinski definition) is 0. The zero-order chi connectivity index (χ0) is 14.5. The van der Waals surface area contributed by atoms with Crippen molar-refractivity contribution in [3.63, 3.8) is 0 Å². The minimum atomic E-state index is 0.863. The van der Waals surface area contributed by atoms with Gasteiger partial charge in [-0.05, 0) is 17.9 Å². The maximum atomic E-state index is 4.47. The summed E-state index contributed by atoms with van der Waals surface area (Å²) >= 11 is 3.72. The molecule has 0 aliphatic carbocycles. The molecule has 0 aliphatic heterocycles. The number of para-hydroxylation sites is 1. The lowest BCUT2D eigenvalue weighted by Gasteiger charge is -2.04. The van der Waals surface area contributed by atoms with Gasteiger partial charge in [-0.1, -0.05) is 25.1 Å². The van der Waals surface area contributed by atoms with Gasteiger partial charge >= 0.3 is 0 Å². The van der Waals surface area contributed by atoms with Crippen LogP contribution in [0.25, 0.3) is 16.7 Å². The molecule has 0 N–H and O–H groups in total. The van der Waals surface area contributed by atoms with E-state index >= 15 is 0 Å². The SMILES string of the molecule is CCSCCSc1ncnc2c1cnn2-c1ccccc1. The second kappa shape index (κ2) is 6.95. The summed E-state index contributed by atoms with van der Waals surface area (Å²) in [6.07, 6.45) is 3.48. The van der Waals surface area contributed by atoms with E-state index < -0.39 is 0 Å². The Morgan fingerprint density at radius 2 is 1.95 bits per heavy atom. The molecule has 4 nitrogen and oxygen atoms in total. The minimum absolute atomic E-state index is 0.863. The number of benzene rings is 1. The van der Waals surface area contributed by atoms with Crippen LogP contribution in [0.3, 0.4) is 0 Å². The molecule has 3 aromatic rings. The van der Waals surface area contributed by atoms with Crippen LogP contribution in [-0.4, -0.2) is 37.0 Å². The summed E-state index contributed by atoms with van der Waals surface area (Å²) in [5.74, 6) is 3.35. The lowest BCUT2D eigenvalue weighted by Crippen LogP contribution is -1.97. The van der Waals surface area contributed by atoms with Gasteiger partial charge in [0.15, 0.2) is 5.65 Å². The van der Waals surface area contributed by atoms with Crippen molar-refractivity contribution in [2.75, 3.05) is 17.3 Å². The Bertz CT molecular complexity index is 712. The third-order valence-corrected chi connectivity index (χ3v) is 5.17. The molecule has 21 heavy (non-hydrogen) atoms. The molecule has 0 fully saturated rings. The summed E-state index contributed by atoms with van der Waals surface area (Å²) in [4.78, 5) is 8.79. The average molecular weight is 316 g/mol. The summed E-state index contributed by atoms with van der Waals surface area (Å²) in [6, 6.07) is 10.1. The number of fused-ring (bicyclic) bond motifs is 1. The van der Waals surface area contributed by atoms with Crippen LogP contribution in [-0.2, 0) is 0 Å². The minimum Gasteiger partial charge on any atom is -0.229 e. The van der Waals surface area contributed by atoms with Crippen molar-refractivity contribution in [2.24, 2.45) is 0 Å². The molecule has 2 heterocycles. The van der Waals surface area contributed by atoms with Gasteiger partial charge < -0.3 is 0 Å². The maximum absolute atomic E-state index is 4.47. The first-order valence-electron chi connectivity index (χ1n) is 6.85. The van der Waals surface area contributed by atoms with E-state index in [9.17, 15) is 0 Å². The summed E-state index contributed by atoms with van der Waals surface area (Å²) in [5.41, 5.74) is 1.88. The zero-order valence-corrected chi connectivity index (χ0v) is 13.4. The Morgan fingerprint density at radius 3 is 2.76 bits per heavy atom. The molecular formula is C15H16N4S2. The molecule has 0 spiro atoms. The lowest BCUT2D eigenvalue weighted by atomic mass is 10.3. The standard InChI is InChI=1S/C15H16N4S2/c1-2-20-8-9-21-15-13-10-18-19(14(13)16-11-17-15)12-6-4-3-5-7-12/h3-7,10-11H,2,8-9H2,1H3. The second-order valence-corrected chi connectivity index (χ2v) is 6.83. The highest BCUT2D eigenvalue weighted by Gasteiger charge is 2.11. The van der Waals surface area contributed by atoms with Crippen LogP contribution in [0.2, 0.25) is 0 Å². The molecule has 0 atom stereocenters. The van der Waals surface area contributed by atoms with Gasteiger partial charge in [-0.25, -0.2) is 14.6 Å². The Balaban J connectivity index is 1.89. The summed E-state index contributed by atoms with van der Waals surface area (Å²) in [6.45, 7) is 2.18. The highest BCUT2D eigenvalue weighted by molar-refractivity contribution is 8.03. The first-order chi connectivity index (χ1) is 10.4. The van der Waals surface area contributed by atoms with Crippen LogP contribution in [0.1, 0.15) is 6.92 Å².